The smallest absolute Gasteiger partial charge is 0.0974 e. The molecule has 0 aliphatic carbocycles. The SMILES string of the molecule is CC(N)C(OCCCc1ccncc1)c1ccncc1. The zero-order chi connectivity index (χ0) is 14.2. The third kappa shape index (κ3) is 4.40. The van der Waals surface area contributed by atoms with Gasteiger partial charge in [0.1, 0.15) is 0 Å². The highest BCUT2D eigenvalue weighted by Gasteiger charge is 2.16. The van der Waals surface area contributed by atoms with Crippen LogP contribution in [0.5, 0.6) is 0 Å². The van der Waals surface area contributed by atoms with E-state index in [1.807, 2.05) is 43.6 Å². The summed E-state index contributed by atoms with van der Waals surface area (Å²) in [7, 11) is 0. The number of aromatic nitrogens is 2. The maximum atomic E-state index is 6.01. The van der Waals surface area contributed by atoms with Crippen molar-refractivity contribution in [2.45, 2.75) is 31.9 Å². The van der Waals surface area contributed by atoms with Gasteiger partial charge in [0.15, 0.2) is 0 Å². The second-order valence-corrected chi connectivity index (χ2v) is 4.89. The molecule has 0 spiro atoms. The van der Waals surface area contributed by atoms with Gasteiger partial charge in [0.2, 0.25) is 0 Å². The summed E-state index contributed by atoms with van der Waals surface area (Å²) in [5.41, 5.74) is 8.37. The zero-order valence-electron chi connectivity index (χ0n) is 11.8. The van der Waals surface area contributed by atoms with Gasteiger partial charge < -0.3 is 10.5 Å². The molecule has 0 saturated carbocycles. The highest BCUT2D eigenvalue weighted by atomic mass is 16.5. The molecule has 20 heavy (non-hydrogen) atoms. The van der Waals surface area contributed by atoms with E-state index in [9.17, 15) is 0 Å². The van der Waals surface area contributed by atoms with E-state index < -0.39 is 0 Å². The van der Waals surface area contributed by atoms with Crippen molar-refractivity contribution in [2.24, 2.45) is 5.73 Å². The molecule has 2 unspecified atom stereocenters. The lowest BCUT2D eigenvalue weighted by Crippen LogP contribution is -2.27. The van der Waals surface area contributed by atoms with Crippen molar-refractivity contribution in [3.63, 3.8) is 0 Å². The van der Waals surface area contributed by atoms with E-state index >= 15 is 0 Å². The third-order valence-electron chi connectivity index (χ3n) is 3.17. The van der Waals surface area contributed by atoms with Crippen molar-refractivity contribution in [1.82, 2.24) is 9.97 Å². The fourth-order valence-electron chi connectivity index (χ4n) is 2.14. The molecule has 106 valence electrons. The monoisotopic (exact) mass is 271 g/mol. The first kappa shape index (κ1) is 14.6. The van der Waals surface area contributed by atoms with Gasteiger partial charge in [-0.25, -0.2) is 0 Å². The van der Waals surface area contributed by atoms with Crippen LogP contribution in [-0.2, 0) is 11.2 Å². The number of hydrogen-bond donors (Lipinski definition) is 1. The number of aryl methyl sites for hydroxylation is 1. The summed E-state index contributed by atoms with van der Waals surface area (Å²) in [6.45, 7) is 2.66. The molecule has 0 aliphatic heterocycles. The first-order chi connectivity index (χ1) is 9.77. The molecule has 0 radical (unpaired) electrons. The summed E-state index contributed by atoms with van der Waals surface area (Å²) >= 11 is 0. The molecule has 2 N–H and O–H groups in total. The largest absolute Gasteiger partial charge is 0.372 e. The van der Waals surface area contributed by atoms with Gasteiger partial charge in [0, 0.05) is 37.4 Å². The van der Waals surface area contributed by atoms with Crippen LogP contribution in [-0.4, -0.2) is 22.6 Å². The fraction of sp³-hybridized carbons (Fsp3) is 0.375. The van der Waals surface area contributed by atoms with Gasteiger partial charge in [-0.15, -0.1) is 0 Å². The number of nitrogens with zero attached hydrogens (tertiary/aromatic N) is 2. The minimum absolute atomic E-state index is 0.0432. The van der Waals surface area contributed by atoms with Crippen molar-refractivity contribution in [2.75, 3.05) is 6.61 Å². The Morgan fingerprint density at radius 2 is 1.65 bits per heavy atom. The molecule has 2 aromatic heterocycles. The first-order valence-electron chi connectivity index (χ1n) is 6.93. The van der Waals surface area contributed by atoms with Gasteiger partial charge in [-0.05, 0) is 55.2 Å². The predicted molar refractivity (Wildman–Crippen MR) is 79.1 cm³/mol. The molecule has 0 aliphatic rings. The van der Waals surface area contributed by atoms with E-state index in [2.05, 4.69) is 9.97 Å². The van der Waals surface area contributed by atoms with Crippen LogP contribution in [0.25, 0.3) is 0 Å². The highest BCUT2D eigenvalue weighted by molar-refractivity contribution is 5.15. The molecule has 0 saturated heterocycles. The Bertz CT molecular complexity index is 488. The second-order valence-electron chi connectivity index (χ2n) is 4.89. The molecule has 2 rings (SSSR count). The second kappa shape index (κ2) is 7.72. The molecule has 4 nitrogen and oxygen atoms in total. The predicted octanol–water partition coefficient (Wildman–Crippen LogP) is 2.51. The maximum Gasteiger partial charge on any atom is 0.0974 e. The zero-order valence-corrected chi connectivity index (χ0v) is 11.8. The van der Waals surface area contributed by atoms with Crippen LogP contribution in [0.4, 0.5) is 0 Å². The van der Waals surface area contributed by atoms with Gasteiger partial charge in [-0.2, -0.15) is 0 Å². The summed E-state index contributed by atoms with van der Waals surface area (Å²) in [6, 6.07) is 7.93. The molecule has 4 heteroatoms. The van der Waals surface area contributed by atoms with E-state index in [0.717, 1.165) is 18.4 Å². The van der Waals surface area contributed by atoms with E-state index in [4.69, 9.17) is 10.5 Å². The number of nitrogens with two attached hydrogens (primary N) is 1. The standard InChI is InChI=1S/C16H21N3O/c1-13(17)16(15-6-10-19-11-7-15)20-12-2-3-14-4-8-18-9-5-14/h4-11,13,16H,2-3,12,17H2,1H3. The van der Waals surface area contributed by atoms with Crippen LogP contribution in [0, 0.1) is 0 Å². The van der Waals surface area contributed by atoms with Crippen molar-refractivity contribution >= 4 is 0 Å². The Morgan fingerprint density at radius 3 is 2.25 bits per heavy atom. The molecule has 0 fully saturated rings. The summed E-state index contributed by atoms with van der Waals surface area (Å²) in [5.74, 6) is 0. The van der Waals surface area contributed by atoms with E-state index in [-0.39, 0.29) is 12.1 Å². The molecule has 2 atom stereocenters. The Morgan fingerprint density at radius 1 is 1.05 bits per heavy atom. The lowest BCUT2D eigenvalue weighted by Gasteiger charge is -2.21. The third-order valence-corrected chi connectivity index (χ3v) is 3.17. The number of ether oxygens (including phenoxy) is 1. The van der Waals surface area contributed by atoms with Crippen LogP contribution in [0.3, 0.4) is 0 Å². The minimum atomic E-state index is -0.0737. The lowest BCUT2D eigenvalue weighted by atomic mass is 10.1. The number of rotatable bonds is 7. The van der Waals surface area contributed by atoms with Crippen LogP contribution >= 0.6 is 0 Å². The van der Waals surface area contributed by atoms with Gasteiger partial charge in [0.25, 0.3) is 0 Å². The maximum absolute atomic E-state index is 6.01. The van der Waals surface area contributed by atoms with Crippen LogP contribution in [0.1, 0.15) is 30.6 Å². The van der Waals surface area contributed by atoms with E-state index in [1.165, 1.54) is 5.56 Å². The highest BCUT2D eigenvalue weighted by Crippen LogP contribution is 2.19. The quantitative estimate of drug-likeness (QED) is 0.786. The van der Waals surface area contributed by atoms with Crippen LogP contribution < -0.4 is 5.73 Å². The number of hydrogen-bond acceptors (Lipinski definition) is 4. The normalized spacial score (nSPS) is 13.9. The fourth-order valence-corrected chi connectivity index (χ4v) is 2.14. The summed E-state index contributed by atoms with van der Waals surface area (Å²) in [5, 5.41) is 0. The van der Waals surface area contributed by atoms with Crippen molar-refractivity contribution in [1.29, 1.82) is 0 Å². The average Bonchev–Trinajstić information content (AvgIpc) is 2.49. The van der Waals surface area contributed by atoms with Gasteiger partial charge in [-0.1, -0.05) is 0 Å². The Labute approximate surface area is 120 Å². The van der Waals surface area contributed by atoms with Crippen molar-refractivity contribution in [3.05, 3.63) is 60.2 Å². The van der Waals surface area contributed by atoms with Crippen LogP contribution in [0.15, 0.2) is 49.1 Å². The topological polar surface area (TPSA) is 61.0 Å². The van der Waals surface area contributed by atoms with Gasteiger partial charge in [0.05, 0.1) is 6.10 Å². The average molecular weight is 271 g/mol. The summed E-state index contributed by atoms with van der Waals surface area (Å²) in [6.07, 6.45) is 9.06. The lowest BCUT2D eigenvalue weighted by molar-refractivity contribution is 0.0369. The number of pyridine rings is 2. The molecule has 0 amide bonds. The van der Waals surface area contributed by atoms with Crippen molar-refractivity contribution < 1.29 is 4.74 Å². The molecular formula is C16H21N3O. The molecule has 2 aromatic rings. The Kier molecular flexibility index (Phi) is 5.65. The molecular weight excluding hydrogens is 250 g/mol. The first-order valence-corrected chi connectivity index (χ1v) is 6.93. The molecule has 2 heterocycles. The van der Waals surface area contributed by atoms with E-state index in [0.29, 0.717) is 6.61 Å². The van der Waals surface area contributed by atoms with Crippen LogP contribution in [0.2, 0.25) is 0 Å². The molecule has 0 bridgehead atoms. The Balaban J connectivity index is 1.82. The molecule has 0 aromatic carbocycles. The van der Waals surface area contributed by atoms with Crippen molar-refractivity contribution in [3.8, 4) is 0 Å². The van der Waals surface area contributed by atoms with E-state index in [1.54, 1.807) is 12.4 Å². The minimum Gasteiger partial charge on any atom is -0.372 e. The summed E-state index contributed by atoms with van der Waals surface area (Å²) in [4.78, 5) is 8.03. The van der Waals surface area contributed by atoms with Gasteiger partial charge in [-0.3, -0.25) is 9.97 Å². The Hall–Kier alpha value is -1.78. The summed E-state index contributed by atoms with van der Waals surface area (Å²) < 4.78 is 5.94. The van der Waals surface area contributed by atoms with Gasteiger partial charge >= 0.3 is 0 Å².